The maximum atomic E-state index is 13.1. The van der Waals surface area contributed by atoms with Gasteiger partial charge in [0.05, 0.1) is 5.69 Å². The third-order valence-corrected chi connectivity index (χ3v) is 7.23. The molecule has 0 N–H and O–H groups in total. The van der Waals surface area contributed by atoms with Crippen molar-refractivity contribution in [2.45, 2.75) is 31.6 Å². The summed E-state index contributed by atoms with van der Waals surface area (Å²) in [7, 11) is -3.81. The summed E-state index contributed by atoms with van der Waals surface area (Å²) in [6.07, 6.45) is 1.93. The first-order valence-electron chi connectivity index (χ1n) is 10.7. The van der Waals surface area contributed by atoms with Crippen molar-refractivity contribution in [1.29, 1.82) is 0 Å². The monoisotopic (exact) mass is 440 g/mol. The van der Waals surface area contributed by atoms with Crippen molar-refractivity contribution < 1.29 is 13.2 Å². The molecule has 0 radical (unpaired) electrons. The highest BCUT2D eigenvalue weighted by molar-refractivity contribution is 7.90. The van der Waals surface area contributed by atoms with Gasteiger partial charge < -0.3 is 14.7 Å². The summed E-state index contributed by atoms with van der Waals surface area (Å²) in [6.45, 7) is 7.17. The smallest absolute Gasteiger partial charge is 0.286 e. The average molecular weight is 441 g/mol. The molecule has 2 aliphatic heterocycles. The van der Waals surface area contributed by atoms with E-state index in [-0.39, 0.29) is 10.8 Å². The fourth-order valence-electron chi connectivity index (χ4n) is 4.11. The molecule has 2 aromatic rings. The number of fused-ring (bicyclic) bond motifs is 1. The van der Waals surface area contributed by atoms with Crippen LogP contribution in [0.4, 0.5) is 11.4 Å². The Morgan fingerprint density at radius 2 is 1.74 bits per heavy atom. The molecule has 7 nitrogen and oxygen atoms in total. The minimum Gasteiger partial charge on any atom is -0.368 e. The van der Waals surface area contributed by atoms with Crippen molar-refractivity contribution in [2.24, 2.45) is 4.40 Å². The highest BCUT2D eigenvalue weighted by Gasteiger charge is 2.31. The van der Waals surface area contributed by atoms with Crippen LogP contribution in [0, 0.1) is 0 Å². The molecule has 0 unspecified atom stereocenters. The van der Waals surface area contributed by atoms with Crippen LogP contribution in [0.2, 0.25) is 0 Å². The lowest BCUT2D eigenvalue weighted by atomic mass is 10.1. The average Bonchev–Trinajstić information content (AvgIpc) is 2.78. The number of hydrogen-bond donors (Lipinski definition) is 0. The minimum absolute atomic E-state index is 0.114. The van der Waals surface area contributed by atoms with Gasteiger partial charge in [-0.25, -0.2) is 0 Å². The number of amidine groups is 1. The molecule has 2 heterocycles. The van der Waals surface area contributed by atoms with E-state index in [2.05, 4.69) is 28.4 Å². The van der Waals surface area contributed by atoms with Gasteiger partial charge in [0.25, 0.3) is 15.9 Å². The van der Waals surface area contributed by atoms with Crippen molar-refractivity contribution in [2.75, 3.05) is 42.5 Å². The Hall–Kier alpha value is -2.87. The van der Waals surface area contributed by atoms with E-state index in [1.54, 1.807) is 24.0 Å². The van der Waals surface area contributed by atoms with Crippen LogP contribution in [0.25, 0.3) is 0 Å². The first-order valence-corrected chi connectivity index (χ1v) is 12.2. The Morgan fingerprint density at radius 1 is 1.03 bits per heavy atom. The van der Waals surface area contributed by atoms with Crippen molar-refractivity contribution in [3.8, 4) is 0 Å². The molecule has 2 aliphatic rings. The molecule has 1 fully saturated rings. The second kappa shape index (κ2) is 8.70. The molecule has 0 spiro atoms. The fraction of sp³-hybridized carbons (Fsp3) is 0.391. The Kier molecular flexibility index (Phi) is 6.00. The second-order valence-electron chi connectivity index (χ2n) is 7.92. The molecule has 0 saturated carbocycles. The van der Waals surface area contributed by atoms with Gasteiger partial charge in [-0.05, 0) is 43.7 Å². The van der Waals surface area contributed by atoms with Crippen LogP contribution in [0.15, 0.2) is 57.8 Å². The van der Waals surface area contributed by atoms with Crippen LogP contribution in [-0.2, 0) is 10.0 Å². The number of benzene rings is 2. The summed E-state index contributed by atoms with van der Waals surface area (Å²) in [5.74, 6) is 0.328. The fourth-order valence-corrected chi connectivity index (χ4v) is 5.37. The summed E-state index contributed by atoms with van der Waals surface area (Å²) in [5.41, 5.74) is 2.14. The molecule has 2 aromatic carbocycles. The maximum Gasteiger partial charge on any atom is 0.286 e. The molecule has 164 valence electrons. The first-order chi connectivity index (χ1) is 14.9. The van der Waals surface area contributed by atoms with Crippen LogP contribution >= 0.6 is 0 Å². The minimum atomic E-state index is -3.81. The summed E-state index contributed by atoms with van der Waals surface area (Å²) < 4.78 is 29.3. The molecule has 31 heavy (non-hydrogen) atoms. The van der Waals surface area contributed by atoms with Gasteiger partial charge in [0.1, 0.15) is 10.7 Å². The molecule has 0 atom stereocenters. The molecule has 0 aromatic heterocycles. The predicted molar refractivity (Wildman–Crippen MR) is 124 cm³/mol. The Morgan fingerprint density at radius 3 is 2.42 bits per heavy atom. The van der Waals surface area contributed by atoms with Crippen molar-refractivity contribution in [3.05, 3.63) is 54.1 Å². The van der Waals surface area contributed by atoms with Crippen molar-refractivity contribution in [1.82, 2.24) is 4.90 Å². The Labute approximate surface area is 184 Å². The molecule has 1 amide bonds. The lowest BCUT2D eigenvalue weighted by molar-refractivity contribution is 0.0746. The van der Waals surface area contributed by atoms with Crippen LogP contribution in [-0.4, -0.2) is 57.8 Å². The van der Waals surface area contributed by atoms with Crippen molar-refractivity contribution in [3.63, 3.8) is 0 Å². The number of piperazine rings is 1. The number of nitrogens with zero attached hydrogens (tertiary/aromatic N) is 4. The quantitative estimate of drug-likeness (QED) is 0.713. The number of para-hydroxylation sites is 1. The number of unbranched alkanes of at least 4 members (excludes halogenated alkanes) is 1. The van der Waals surface area contributed by atoms with Crippen LogP contribution in [0.5, 0.6) is 0 Å². The third-order valence-electron chi connectivity index (χ3n) is 5.84. The standard InChI is InChI=1S/C23H28N4O3S/c1-3-4-12-27-18(2)24-31(29,30)22-17-19(10-11-21(22)27)23(28)26-15-13-25(14-16-26)20-8-6-5-7-9-20/h5-11,17H,3-4,12-16H2,1-2H3. The van der Waals surface area contributed by atoms with E-state index in [0.717, 1.165) is 31.6 Å². The predicted octanol–water partition coefficient (Wildman–Crippen LogP) is 3.38. The summed E-state index contributed by atoms with van der Waals surface area (Å²) in [5, 5.41) is 0. The Balaban J connectivity index is 1.53. The number of anilines is 2. The molecule has 0 bridgehead atoms. The SMILES string of the molecule is CCCCN1C(C)=NS(=O)(=O)c2cc(C(=O)N3CCN(c4ccccc4)CC3)ccc21. The number of carbonyl (C=O) groups excluding carboxylic acids is 1. The lowest BCUT2D eigenvalue weighted by Gasteiger charge is -2.36. The number of carbonyl (C=O) groups is 1. The zero-order chi connectivity index (χ0) is 22.0. The Bertz CT molecular complexity index is 1090. The van der Waals surface area contributed by atoms with E-state index < -0.39 is 10.0 Å². The number of sulfonamides is 1. The van der Waals surface area contributed by atoms with Gasteiger partial charge in [-0.1, -0.05) is 31.5 Å². The van der Waals surface area contributed by atoms with Crippen LogP contribution in [0.1, 0.15) is 37.0 Å². The first kappa shape index (κ1) is 21.4. The lowest BCUT2D eigenvalue weighted by Crippen LogP contribution is -2.48. The number of hydrogen-bond acceptors (Lipinski definition) is 5. The zero-order valence-corrected chi connectivity index (χ0v) is 18.8. The van der Waals surface area contributed by atoms with Gasteiger partial charge in [0.15, 0.2) is 0 Å². The van der Waals surface area contributed by atoms with Crippen molar-refractivity contribution >= 4 is 33.1 Å². The second-order valence-corrected chi connectivity index (χ2v) is 9.49. The topological polar surface area (TPSA) is 73.3 Å². The van der Waals surface area contributed by atoms with E-state index in [1.807, 2.05) is 23.1 Å². The van der Waals surface area contributed by atoms with Gasteiger partial charge in [-0.3, -0.25) is 4.79 Å². The zero-order valence-electron chi connectivity index (χ0n) is 18.0. The van der Waals surface area contributed by atoms with Gasteiger partial charge >= 0.3 is 0 Å². The third kappa shape index (κ3) is 4.30. The normalized spacial score (nSPS) is 17.9. The summed E-state index contributed by atoms with van der Waals surface area (Å²) in [4.78, 5) is 19.2. The van der Waals surface area contributed by atoms with Gasteiger partial charge in [-0.2, -0.15) is 8.42 Å². The summed E-state index contributed by atoms with van der Waals surface area (Å²) >= 11 is 0. The van der Waals surface area contributed by atoms with E-state index in [9.17, 15) is 13.2 Å². The van der Waals surface area contributed by atoms with Gasteiger partial charge in [0.2, 0.25) is 0 Å². The molecular formula is C23H28N4O3S. The molecular weight excluding hydrogens is 412 g/mol. The summed E-state index contributed by atoms with van der Waals surface area (Å²) in [6, 6.07) is 15.1. The van der Waals surface area contributed by atoms with Crippen LogP contribution in [0.3, 0.4) is 0 Å². The van der Waals surface area contributed by atoms with E-state index >= 15 is 0 Å². The highest BCUT2D eigenvalue weighted by Crippen LogP contribution is 2.33. The van der Waals surface area contributed by atoms with E-state index in [0.29, 0.717) is 36.7 Å². The van der Waals surface area contributed by atoms with Crippen LogP contribution < -0.4 is 9.80 Å². The highest BCUT2D eigenvalue weighted by atomic mass is 32.2. The van der Waals surface area contributed by atoms with Gasteiger partial charge in [-0.15, -0.1) is 4.40 Å². The molecule has 4 rings (SSSR count). The molecule has 0 aliphatic carbocycles. The molecule has 8 heteroatoms. The number of rotatable bonds is 5. The largest absolute Gasteiger partial charge is 0.368 e. The maximum absolute atomic E-state index is 13.1. The van der Waals surface area contributed by atoms with E-state index in [1.165, 1.54) is 6.07 Å². The van der Waals surface area contributed by atoms with Gasteiger partial charge in [0, 0.05) is 44.0 Å². The number of amides is 1. The van der Waals surface area contributed by atoms with E-state index in [4.69, 9.17) is 0 Å². The molecule has 1 saturated heterocycles.